The Labute approximate surface area is 102 Å². The summed E-state index contributed by atoms with van der Waals surface area (Å²) in [6, 6.07) is 3.72. The van der Waals surface area contributed by atoms with E-state index in [1.807, 2.05) is 12.1 Å². The smallest absolute Gasteiger partial charge is 0.212 e. The van der Waals surface area contributed by atoms with Gasteiger partial charge in [-0.3, -0.25) is 0 Å². The van der Waals surface area contributed by atoms with Gasteiger partial charge < -0.3 is 10.3 Å². The second-order valence-electron chi connectivity index (χ2n) is 4.51. The molecule has 6 heteroatoms. The number of hydrogen-bond acceptors (Lipinski definition) is 3. The highest BCUT2D eigenvalue weighted by atomic mass is 32.2. The average Bonchev–Trinajstić information content (AvgIpc) is 2.80. The van der Waals surface area contributed by atoms with E-state index in [0.29, 0.717) is 6.54 Å². The Morgan fingerprint density at radius 1 is 1.47 bits per heavy atom. The number of aromatic nitrogens is 1. The maximum atomic E-state index is 11.8. The Hall–Kier alpha value is -0.850. The van der Waals surface area contributed by atoms with Crippen molar-refractivity contribution in [3.8, 4) is 0 Å². The second kappa shape index (κ2) is 5.66. The summed E-state index contributed by atoms with van der Waals surface area (Å²) >= 11 is 0. The summed E-state index contributed by atoms with van der Waals surface area (Å²) in [7, 11) is -3.17. The fourth-order valence-electron chi connectivity index (χ4n) is 2.10. The molecule has 1 unspecified atom stereocenters. The summed E-state index contributed by atoms with van der Waals surface area (Å²) in [5.74, 6) is 0.464. The van der Waals surface area contributed by atoms with Crippen molar-refractivity contribution in [1.82, 2.24) is 15.0 Å². The summed E-state index contributed by atoms with van der Waals surface area (Å²) in [5, 5.41) is 3.23. The molecule has 1 aliphatic rings. The van der Waals surface area contributed by atoms with Crippen molar-refractivity contribution in [2.24, 2.45) is 5.92 Å². The van der Waals surface area contributed by atoms with Gasteiger partial charge in [-0.1, -0.05) is 0 Å². The van der Waals surface area contributed by atoms with Crippen molar-refractivity contribution in [3.05, 3.63) is 24.0 Å². The number of aromatic amines is 1. The molecule has 0 aliphatic carbocycles. The van der Waals surface area contributed by atoms with E-state index < -0.39 is 10.0 Å². The van der Waals surface area contributed by atoms with Crippen LogP contribution in [0.5, 0.6) is 0 Å². The highest BCUT2D eigenvalue weighted by Crippen LogP contribution is 2.12. The molecule has 2 rings (SSSR count). The Kier molecular flexibility index (Phi) is 4.20. The van der Waals surface area contributed by atoms with Crippen LogP contribution >= 0.6 is 0 Å². The van der Waals surface area contributed by atoms with Crippen molar-refractivity contribution in [1.29, 1.82) is 0 Å². The van der Waals surface area contributed by atoms with Crippen LogP contribution in [0, 0.1) is 5.92 Å². The summed E-state index contributed by atoms with van der Waals surface area (Å²) < 4.78 is 26.3. The number of sulfonamides is 1. The van der Waals surface area contributed by atoms with Crippen molar-refractivity contribution < 1.29 is 8.42 Å². The molecule has 17 heavy (non-hydrogen) atoms. The van der Waals surface area contributed by atoms with Crippen LogP contribution < -0.4 is 10.0 Å². The zero-order valence-electron chi connectivity index (χ0n) is 9.78. The molecule has 5 nitrogen and oxygen atoms in total. The molecule has 1 aromatic rings. The SMILES string of the molecule is O=S(=O)(CC1CCCNC1)NCc1ccc[nH]1. The Bertz CT molecular complexity index is 422. The molecule has 0 bridgehead atoms. The number of rotatable bonds is 5. The second-order valence-corrected chi connectivity index (χ2v) is 6.36. The van der Waals surface area contributed by atoms with Crippen molar-refractivity contribution in [2.75, 3.05) is 18.8 Å². The first kappa shape index (κ1) is 12.6. The lowest BCUT2D eigenvalue weighted by Gasteiger charge is -2.22. The third kappa shape index (κ3) is 4.14. The van der Waals surface area contributed by atoms with Gasteiger partial charge in [-0.25, -0.2) is 13.1 Å². The molecule has 2 heterocycles. The minimum atomic E-state index is -3.17. The molecular formula is C11H19N3O2S. The van der Waals surface area contributed by atoms with E-state index in [2.05, 4.69) is 15.0 Å². The van der Waals surface area contributed by atoms with E-state index in [1.54, 1.807) is 6.20 Å². The highest BCUT2D eigenvalue weighted by molar-refractivity contribution is 7.89. The molecule has 96 valence electrons. The molecule has 3 N–H and O–H groups in total. The van der Waals surface area contributed by atoms with Gasteiger partial charge in [0.15, 0.2) is 0 Å². The first-order valence-corrected chi connectivity index (χ1v) is 7.61. The molecule has 1 aliphatic heterocycles. The number of piperidine rings is 1. The molecule has 1 atom stereocenters. The van der Waals surface area contributed by atoms with Gasteiger partial charge in [0.1, 0.15) is 0 Å². The van der Waals surface area contributed by atoms with E-state index in [9.17, 15) is 8.42 Å². The number of hydrogen-bond donors (Lipinski definition) is 3. The van der Waals surface area contributed by atoms with Gasteiger partial charge >= 0.3 is 0 Å². The highest BCUT2D eigenvalue weighted by Gasteiger charge is 2.20. The fourth-order valence-corrected chi connectivity index (χ4v) is 3.50. The monoisotopic (exact) mass is 257 g/mol. The van der Waals surface area contributed by atoms with Gasteiger partial charge in [-0.05, 0) is 44.0 Å². The molecule has 1 saturated heterocycles. The maximum absolute atomic E-state index is 11.8. The predicted molar refractivity (Wildman–Crippen MR) is 67.0 cm³/mol. The van der Waals surface area contributed by atoms with Crippen LogP contribution in [0.3, 0.4) is 0 Å². The topological polar surface area (TPSA) is 74.0 Å². The van der Waals surface area contributed by atoms with Gasteiger partial charge in [-0.15, -0.1) is 0 Å². The Morgan fingerprint density at radius 3 is 3.00 bits per heavy atom. The first-order chi connectivity index (χ1) is 8.16. The lowest BCUT2D eigenvalue weighted by molar-refractivity contribution is 0.402. The minimum Gasteiger partial charge on any atom is -0.364 e. The molecule has 0 spiro atoms. The van der Waals surface area contributed by atoms with Gasteiger partial charge in [0, 0.05) is 11.9 Å². The van der Waals surface area contributed by atoms with Crippen LogP contribution in [0.2, 0.25) is 0 Å². The van der Waals surface area contributed by atoms with E-state index in [0.717, 1.165) is 31.6 Å². The van der Waals surface area contributed by atoms with Crippen LogP contribution in [0.4, 0.5) is 0 Å². The number of nitrogens with one attached hydrogen (secondary N) is 3. The lowest BCUT2D eigenvalue weighted by atomic mass is 10.0. The average molecular weight is 257 g/mol. The van der Waals surface area contributed by atoms with Crippen LogP contribution in [0.1, 0.15) is 18.5 Å². The summed E-state index contributed by atoms with van der Waals surface area (Å²) in [5.41, 5.74) is 0.885. The molecule has 0 amide bonds. The number of H-pyrrole nitrogens is 1. The molecule has 0 radical (unpaired) electrons. The van der Waals surface area contributed by atoms with Crippen LogP contribution in [0.15, 0.2) is 18.3 Å². The Balaban J connectivity index is 1.81. The van der Waals surface area contributed by atoms with Crippen LogP contribution in [-0.2, 0) is 16.6 Å². The zero-order valence-corrected chi connectivity index (χ0v) is 10.6. The van der Waals surface area contributed by atoms with E-state index in [4.69, 9.17) is 0 Å². The van der Waals surface area contributed by atoms with Crippen LogP contribution in [-0.4, -0.2) is 32.2 Å². The third-order valence-corrected chi connectivity index (χ3v) is 4.49. The first-order valence-electron chi connectivity index (χ1n) is 5.96. The maximum Gasteiger partial charge on any atom is 0.212 e. The van der Waals surface area contributed by atoms with Gasteiger partial charge in [0.25, 0.3) is 0 Å². The zero-order chi connectivity index (χ0) is 12.1. The molecular weight excluding hydrogens is 238 g/mol. The van der Waals surface area contributed by atoms with Crippen LogP contribution in [0.25, 0.3) is 0 Å². The molecule has 0 aromatic carbocycles. The van der Waals surface area contributed by atoms with Gasteiger partial charge in [0.05, 0.1) is 12.3 Å². The third-order valence-electron chi connectivity index (χ3n) is 3.00. The summed E-state index contributed by atoms with van der Waals surface area (Å²) in [6.45, 7) is 2.16. The van der Waals surface area contributed by atoms with Gasteiger partial charge in [-0.2, -0.15) is 0 Å². The molecule has 1 fully saturated rings. The lowest BCUT2D eigenvalue weighted by Crippen LogP contribution is -2.37. The summed E-state index contributed by atoms with van der Waals surface area (Å²) in [4.78, 5) is 2.97. The van der Waals surface area contributed by atoms with Gasteiger partial charge in [0.2, 0.25) is 10.0 Å². The van der Waals surface area contributed by atoms with Crippen molar-refractivity contribution in [3.63, 3.8) is 0 Å². The standard InChI is InChI=1S/C11H19N3O2S/c15-17(16,9-10-3-1-5-12-7-10)14-8-11-4-2-6-13-11/h2,4,6,10,12-14H,1,3,5,7-9H2. The normalized spacial score (nSPS) is 21.5. The van der Waals surface area contributed by atoms with Crippen molar-refractivity contribution >= 4 is 10.0 Å². The quantitative estimate of drug-likeness (QED) is 0.716. The fraction of sp³-hybridized carbons (Fsp3) is 0.636. The molecule has 0 saturated carbocycles. The summed E-state index contributed by atoms with van der Waals surface area (Å²) in [6.07, 6.45) is 3.85. The molecule has 1 aromatic heterocycles. The minimum absolute atomic E-state index is 0.223. The van der Waals surface area contributed by atoms with E-state index in [-0.39, 0.29) is 11.7 Å². The predicted octanol–water partition coefficient (Wildman–Crippen LogP) is 0.434. The largest absolute Gasteiger partial charge is 0.364 e. The van der Waals surface area contributed by atoms with Crippen molar-refractivity contribution in [2.45, 2.75) is 19.4 Å². The van der Waals surface area contributed by atoms with E-state index >= 15 is 0 Å². The Morgan fingerprint density at radius 2 is 2.35 bits per heavy atom. The van der Waals surface area contributed by atoms with E-state index in [1.165, 1.54) is 0 Å².